The van der Waals surface area contributed by atoms with Crippen molar-refractivity contribution in [2.24, 2.45) is 4.99 Å². The number of hydrogen-bond acceptors (Lipinski definition) is 2. The maximum atomic E-state index is 4.79. The first-order chi connectivity index (χ1) is 10.1. The SMILES string of the molecule is C=CCCCN(C)C(=NCCN(C(C)C)C1CC1)NCC.I. The van der Waals surface area contributed by atoms with Crippen molar-refractivity contribution in [1.82, 2.24) is 15.1 Å². The van der Waals surface area contributed by atoms with Crippen molar-refractivity contribution in [3.05, 3.63) is 12.7 Å². The van der Waals surface area contributed by atoms with E-state index in [9.17, 15) is 0 Å². The second kappa shape index (κ2) is 12.2. The Morgan fingerprint density at radius 2 is 2.05 bits per heavy atom. The van der Waals surface area contributed by atoms with Gasteiger partial charge in [-0.1, -0.05) is 6.08 Å². The van der Waals surface area contributed by atoms with Crippen LogP contribution in [-0.2, 0) is 0 Å². The van der Waals surface area contributed by atoms with Crippen molar-refractivity contribution in [2.45, 2.75) is 58.5 Å². The second-order valence-corrected chi connectivity index (χ2v) is 6.15. The molecule has 0 spiro atoms. The maximum Gasteiger partial charge on any atom is 0.193 e. The summed E-state index contributed by atoms with van der Waals surface area (Å²) in [7, 11) is 2.12. The zero-order chi connectivity index (χ0) is 15.7. The molecule has 0 amide bonds. The molecule has 0 aromatic rings. The van der Waals surface area contributed by atoms with Crippen LogP contribution in [-0.4, -0.2) is 61.1 Å². The molecule has 130 valence electrons. The van der Waals surface area contributed by atoms with E-state index in [1.807, 2.05) is 6.08 Å². The van der Waals surface area contributed by atoms with E-state index in [0.29, 0.717) is 6.04 Å². The number of aliphatic imine (C=N–C) groups is 1. The lowest BCUT2D eigenvalue weighted by molar-refractivity contribution is 0.217. The lowest BCUT2D eigenvalue weighted by atomic mass is 10.3. The van der Waals surface area contributed by atoms with E-state index in [1.165, 1.54) is 12.8 Å². The van der Waals surface area contributed by atoms with Gasteiger partial charge in [-0.3, -0.25) is 9.89 Å². The quantitative estimate of drug-likeness (QED) is 0.193. The molecule has 0 aliphatic heterocycles. The molecule has 1 aliphatic rings. The van der Waals surface area contributed by atoms with Crippen molar-refractivity contribution in [2.75, 3.05) is 33.2 Å². The first-order valence-corrected chi connectivity index (χ1v) is 8.46. The molecule has 4 nitrogen and oxygen atoms in total. The zero-order valence-corrected chi connectivity index (χ0v) is 17.2. The molecule has 5 heteroatoms. The Morgan fingerprint density at radius 3 is 2.55 bits per heavy atom. The molecule has 1 rings (SSSR count). The van der Waals surface area contributed by atoms with Crippen molar-refractivity contribution in [3.63, 3.8) is 0 Å². The van der Waals surface area contributed by atoms with Crippen LogP contribution in [0.4, 0.5) is 0 Å². The van der Waals surface area contributed by atoms with Gasteiger partial charge in [-0.2, -0.15) is 0 Å². The van der Waals surface area contributed by atoms with E-state index in [2.05, 4.69) is 49.5 Å². The summed E-state index contributed by atoms with van der Waals surface area (Å²) in [5.74, 6) is 1.03. The highest BCUT2D eigenvalue weighted by atomic mass is 127. The van der Waals surface area contributed by atoms with E-state index in [1.54, 1.807) is 0 Å². The third-order valence-corrected chi connectivity index (χ3v) is 3.90. The summed E-state index contributed by atoms with van der Waals surface area (Å²) in [4.78, 5) is 9.60. The molecule has 1 saturated carbocycles. The van der Waals surface area contributed by atoms with Gasteiger partial charge in [-0.15, -0.1) is 30.6 Å². The van der Waals surface area contributed by atoms with Gasteiger partial charge in [0, 0.05) is 38.8 Å². The van der Waals surface area contributed by atoms with Crippen LogP contribution in [0.25, 0.3) is 0 Å². The number of nitrogens with one attached hydrogen (secondary N) is 1. The third-order valence-electron chi connectivity index (χ3n) is 3.90. The van der Waals surface area contributed by atoms with Gasteiger partial charge in [0.05, 0.1) is 6.54 Å². The fourth-order valence-electron chi connectivity index (χ4n) is 2.59. The molecular weight excluding hydrogens is 387 g/mol. The minimum absolute atomic E-state index is 0. The Balaban J connectivity index is 0.00000441. The number of unbranched alkanes of at least 4 members (excludes halogenated alkanes) is 1. The fraction of sp³-hybridized carbons (Fsp3) is 0.824. The lowest BCUT2D eigenvalue weighted by Crippen LogP contribution is -2.40. The zero-order valence-electron chi connectivity index (χ0n) is 14.8. The molecular formula is C17H35IN4. The van der Waals surface area contributed by atoms with Crippen LogP contribution in [0.1, 0.15) is 46.5 Å². The van der Waals surface area contributed by atoms with Crippen molar-refractivity contribution >= 4 is 29.9 Å². The van der Waals surface area contributed by atoms with Gasteiger partial charge in [-0.05, 0) is 46.5 Å². The number of rotatable bonds is 10. The van der Waals surface area contributed by atoms with E-state index >= 15 is 0 Å². The molecule has 0 saturated heterocycles. The standard InChI is InChI=1S/C17H34N4.HI/c1-6-8-9-13-20(5)17(18-7-2)19-12-14-21(15(3)4)16-10-11-16;/h6,15-16H,1,7-14H2,2-5H3,(H,18,19);1H. The maximum absolute atomic E-state index is 4.79. The topological polar surface area (TPSA) is 30.9 Å². The Labute approximate surface area is 154 Å². The smallest absolute Gasteiger partial charge is 0.193 e. The van der Waals surface area contributed by atoms with E-state index in [-0.39, 0.29) is 24.0 Å². The van der Waals surface area contributed by atoms with Crippen molar-refractivity contribution in [1.29, 1.82) is 0 Å². The van der Waals surface area contributed by atoms with Crippen molar-refractivity contribution in [3.8, 4) is 0 Å². The molecule has 0 aromatic heterocycles. The normalized spacial score (nSPS) is 14.9. The summed E-state index contributed by atoms with van der Waals surface area (Å²) in [6, 6.07) is 1.44. The summed E-state index contributed by atoms with van der Waals surface area (Å²) in [5.41, 5.74) is 0. The second-order valence-electron chi connectivity index (χ2n) is 6.15. The van der Waals surface area contributed by atoms with Crippen molar-refractivity contribution < 1.29 is 0 Å². The Kier molecular flexibility index (Phi) is 12.0. The lowest BCUT2D eigenvalue weighted by Gasteiger charge is -2.26. The Hall–Kier alpha value is -0.300. The molecule has 0 atom stereocenters. The minimum atomic E-state index is 0. The van der Waals surface area contributed by atoms with Gasteiger partial charge in [0.15, 0.2) is 5.96 Å². The summed E-state index contributed by atoms with van der Waals surface area (Å²) in [5, 5.41) is 3.39. The van der Waals surface area contributed by atoms with E-state index < -0.39 is 0 Å². The summed E-state index contributed by atoms with van der Waals surface area (Å²) in [6.45, 7) is 14.4. The first-order valence-electron chi connectivity index (χ1n) is 8.46. The predicted molar refractivity (Wildman–Crippen MR) is 108 cm³/mol. The van der Waals surface area contributed by atoms with Gasteiger partial charge >= 0.3 is 0 Å². The summed E-state index contributed by atoms with van der Waals surface area (Å²) >= 11 is 0. The average Bonchev–Trinajstić information content (AvgIpc) is 3.26. The highest BCUT2D eigenvalue weighted by molar-refractivity contribution is 14.0. The van der Waals surface area contributed by atoms with Crippen LogP contribution < -0.4 is 5.32 Å². The van der Waals surface area contributed by atoms with Gasteiger partial charge in [0.1, 0.15) is 0 Å². The molecule has 0 heterocycles. The molecule has 1 fully saturated rings. The average molecular weight is 422 g/mol. The van der Waals surface area contributed by atoms with Crippen LogP contribution in [0.2, 0.25) is 0 Å². The Bertz CT molecular complexity index is 325. The van der Waals surface area contributed by atoms with Gasteiger partial charge in [0.2, 0.25) is 0 Å². The van der Waals surface area contributed by atoms with Crippen LogP contribution in [0.15, 0.2) is 17.6 Å². The molecule has 0 bridgehead atoms. The number of nitrogens with zero attached hydrogens (tertiary/aromatic N) is 3. The number of hydrogen-bond donors (Lipinski definition) is 1. The van der Waals surface area contributed by atoms with E-state index in [4.69, 9.17) is 4.99 Å². The highest BCUT2D eigenvalue weighted by Gasteiger charge is 2.30. The first kappa shape index (κ1) is 21.7. The number of halogens is 1. The van der Waals surface area contributed by atoms with Gasteiger partial charge in [-0.25, -0.2) is 0 Å². The highest BCUT2D eigenvalue weighted by Crippen LogP contribution is 2.28. The van der Waals surface area contributed by atoms with Gasteiger partial charge < -0.3 is 10.2 Å². The minimum Gasteiger partial charge on any atom is -0.357 e. The summed E-state index contributed by atoms with van der Waals surface area (Å²) < 4.78 is 0. The monoisotopic (exact) mass is 422 g/mol. The molecule has 1 aliphatic carbocycles. The van der Waals surface area contributed by atoms with Gasteiger partial charge in [0.25, 0.3) is 0 Å². The molecule has 0 unspecified atom stereocenters. The largest absolute Gasteiger partial charge is 0.357 e. The molecule has 0 radical (unpaired) electrons. The number of allylic oxidation sites excluding steroid dienone is 1. The fourth-order valence-corrected chi connectivity index (χ4v) is 2.59. The van der Waals surface area contributed by atoms with Crippen LogP contribution >= 0.6 is 24.0 Å². The molecule has 22 heavy (non-hydrogen) atoms. The Morgan fingerprint density at radius 1 is 1.36 bits per heavy atom. The summed E-state index contributed by atoms with van der Waals surface area (Å²) in [6.07, 6.45) is 6.90. The number of guanidine groups is 1. The third kappa shape index (κ3) is 8.36. The van der Waals surface area contributed by atoms with Crippen LogP contribution in [0, 0.1) is 0 Å². The van der Waals surface area contributed by atoms with Crippen LogP contribution in [0.5, 0.6) is 0 Å². The molecule has 1 N–H and O–H groups in total. The van der Waals surface area contributed by atoms with E-state index in [0.717, 1.165) is 51.0 Å². The molecule has 0 aromatic carbocycles. The van der Waals surface area contributed by atoms with Crippen LogP contribution in [0.3, 0.4) is 0 Å². The predicted octanol–water partition coefficient (Wildman–Crippen LogP) is 3.34.